The minimum absolute atomic E-state index is 0.0822. The number of rotatable bonds is 8. The van der Waals surface area contributed by atoms with Crippen LogP contribution in [0.2, 0.25) is 0 Å². The fraction of sp³-hybridized carbons (Fsp3) is 0.381. The van der Waals surface area contributed by atoms with Gasteiger partial charge in [-0.2, -0.15) is 0 Å². The second kappa shape index (κ2) is 8.77. The summed E-state index contributed by atoms with van der Waals surface area (Å²) < 4.78 is 5.08. The van der Waals surface area contributed by atoms with Gasteiger partial charge in [0.1, 0.15) is 5.75 Å². The Morgan fingerprint density at radius 2 is 1.93 bits per heavy atom. The number of ether oxygens (including phenoxy) is 1. The van der Waals surface area contributed by atoms with Gasteiger partial charge in [-0.3, -0.25) is 14.6 Å². The number of nitrogens with zero attached hydrogens (tertiary/aromatic N) is 1. The van der Waals surface area contributed by atoms with Crippen molar-refractivity contribution in [2.75, 3.05) is 7.11 Å². The van der Waals surface area contributed by atoms with E-state index in [2.05, 4.69) is 10.3 Å². The Morgan fingerprint density at radius 3 is 2.52 bits per heavy atom. The lowest BCUT2D eigenvalue weighted by Gasteiger charge is -2.37. The molecule has 0 saturated heterocycles. The van der Waals surface area contributed by atoms with Crippen molar-refractivity contribution < 1.29 is 19.4 Å². The molecule has 1 amide bonds. The molecule has 1 heterocycles. The first-order valence-corrected chi connectivity index (χ1v) is 9.12. The summed E-state index contributed by atoms with van der Waals surface area (Å²) in [5.74, 6) is 0.580. The Balaban J connectivity index is 1.56. The number of aliphatic hydroxyl groups is 1. The zero-order valence-electron chi connectivity index (χ0n) is 15.3. The Kier molecular flexibility index (Phi) is 6.19. The van der Waals surface area contributed by atoms with Gasteiger partial charge in [0.05, 0.1) is 24.9 Å². The van der Waals surface area contributed by atoms with Crippen LogP contribution in [0.5, 0.6) is 5.75 Å². The monoisotopic (exact) mass is 368 g/mol. The van der Waals surface area contributed by atoms with Crippen LogP contribution in [0.15, 0.2) is 48.7 Å². The van der Waals surface area contributed by atoms with Crippen LogP contribution in [-0.4, -0.2) is 35.0 Å². The maximum absolute atomic E-state index is 12.4. The number of methoxy groups -OCH3 is 1. The number of hydrogen-bond acceptors (Lipinski definition) is 5. The molecule has 1 saturated carbocycles. The molecule has 0 unspecified atom stereocenters. The molecule has 1 aromatic heterocycles. The molecule has 1 aliphatic carbocycles. The van der Waals surface area contributed by atoms with E-state index in [9.17, 15) is 14.7 Å². The number of amides is 1. The van der Waals surface area contributed by atoms with Gasteiger partial charge in [0, 0.05) is 24.6 Å². The van der Waals surface area contributed by atoms with Crippen LogP contribution in [0.3, 0.4) is 0 Å². The van der Waals surface area contributed by atoms with Gasteiger partial charge >= 0.3 is 0 Å². The summed E-state index contributed by atoms with van der Waals surface area (Å²) >= 11 is 0. The summed E-state index contributed by atoms with van der Waals surface area (Å²) in [4.78, 5) is 29.0. The smallest absolute Gasteiger partial charge is 0.220 e. The van der Waals surface area contributed by atoms with Crippen molar-refractivity contribution in [2.24, 2.45) is 5.92 Å². The number of ketones is 1. The highest BCUT2D eigenvalue weighted by molar-refractivity contribution is 5.98. The third-order valence-electron chi connectivity index (χ3n) is 4.94. The molecule has 1 aliphatic rings. The summed E-state index contributed by atoms with van der Waals surface area (Å²) in [7, 11) is 1.57. The van der Waals surface area contributed by atoms with Crippen molar-refractivity contribution in [2.45, 2.75) is 37.8 Å². The number of nitrogens with one attached hydrogen (secondary N) is 1. The standard InChI is InChI=1S/C21H24N2O4/c1-27-17-7-5-14(6-8-17)19(25)9-10-20(26)23-21(15-12-16(24)13-15)18-4-2-3-11-22-18/h2-8,11,15-16,21,24H,9-10,12-13H2,1H3,(H,23,26)/t15?,16?,21-/m0/s1. The van der Waals surface area contributed by atoms with Gasteiger partial charge in [0.15, 0.2) is 5.78 Å². The molecular formula is C21H24N2O4. The lowest BCUT2D eigenvalue weighted by atomic mass is 9.76. The Bertz CT molecular complexity index is 771. The number of carbonyl (C=O) groups excluding carboxylic acids is 2. The van der Waals surface area contributed by atoms with Crippen LogP contribution in [0, 0.1) is 5.92 Å². The molecule has 2 N–H and O–H groups in total. The summed E-state index contributed by atoms with van der Waals surface area (Å²) in [6.07, 6.45) is 2.92. The minimum Gasteiger partial charge on any atom is -0.497 e. The molecule has 6 nitrogen and oxygen atoms in total. The Hall–Kier alpha value is -2.73. The van der Waals surface area contributed by atoms with Crippen molar-refractivity contribution in [1.29, 1.82) is 0 Å². The predicted molar refractivity (Wildman–Crippen MR) is 100 cm³/mol. The van der Waals surface area contributed by atoms with Gasteiger partial charge in [0.25, 0.3) is 0 Å². The minimum atomic E-state index is -0.310. The molecule has 0 radical (unpaired) electrons. The molecule has 0 aliphatic heterocycles. The first-order chi connectivity index (χ1) is 13.1. The molecule has 27 heavy (non-hydrogen) atoms. The van der Waals surface area contributed by atoms with E-state index in [1.54, 1.807) is 37.6 Å². The van der Waals surface area contributed by atoms with Crippen LogP contribution in [0.1, 0.15) is 47.8 Å². The second-order valence-electron chi connectivity index (χ2n) is 6.84. The van der Waals surface area contributed by atoms with Gasteiger partial charge in [0.2, 0.25) is 5.91 Å². The zero-order valence-corrected chi connectivity index (χ0v) is 15.3. The maximum atomic E-state index is 12.4. The molecule has 0 spiro atoms. The summed E-state index contributed by atoms with van der Waals surface area (Å²) in [5.41, 5.74) is 1.34. The van der Waals surface area contributed by atoms with Crippen molar-refractivity contribution >= 4 is 11.7 Å². The van der Waals surface area contributed by atoms with Crippen LogP contribution in [0.25, 0.3) is 0 Å². The summed E-state index contributed by atoms with van der Waals surface area (Å²) in [6.45, 7) is 0. The van der Waals surface area contributed by atoms with E-state index in [-0.39, 0.29) is 42.6 Å². The summed E-state index contributed by atoms with van der Waals surface area (Å²) in [5, 5.41) is 12.6. The van der Waals surface area contributed by atoms with E-state index in [1.165, 1.54) is 0 Å². The van der Waals surface area contributed by atoms with E-state index >= 15 is 0 Å². The lowest BCUT2D eigenvalue weighted by molar-refractivity contribution is -0.123. The first kappa shape index (κ1) is 19.0. The molecule has 3 rings (SSSR count). The van der Waals surface area contributed by atoms with E-state index in [0.717, 1.165) is 5.69 Å². The number of aliphatic hydroxyl groups excluding tert-OH is 1. The number of hydrogen-bond donors (Lipinski definition) is 2. The molecular weight excluding hydrogens is 344 g/mol. The SMILES string of the molecule is COc1ccc(C(=O)CCC(=O)N[C@H](c2ccccn2)C2CC(O)C2)cc1. The van der Waals surface area contributed by atoms with Gasteiger partial charge < -0.3 is 15.2 Å². The number of carbonyl (C=O) groups is 2. The summed E-state index contributed by atoms with van der Waals surface area (Å²) in [6, 6.07) is 12.2. The number of pyridine rings is 1. The fourth-order valence-electron chi connectivity index (χ4n) is 3.29. The predicted octanol–water partition coefficient (Wildman–Crippen LogP) is 2.68. The van der Waals surface area contributed by atoms with Crippen molar-refractivity contribution in [3.05, 3.63) is 59.9 Å². The lowest BCUT2D eigenvalue weighted by Crippen LogP contribution is -2.41. The number of benzene rings is 1. The Labute approximate surface area is 158 Å². The van der Waals surface area contributed by atoms with E-state index in [1.807, 2.05) is 18.2 Å². The van der Waals surface area contributed by atoms with E-state index in [4.69, 9.17) is 4.74 Å². The van der Waals surface area contributed by atoms with Crippen molar-refractivity contribution in [1.82, 2.24) is 10.3 Å². The van der Waals surface area contributed by atoms with Gasteiger partial charge in [-0.05, 0) is 55.2 Å². The number of Topliss-reactive ketones (excluding diaryl/α,β-unsaturated/α-hetero) is 1. The maximum Gasteiger partial charge on any atom is 0.220 e. The van der Waals surface area contributed by atoms with Crippen molar-refractivity contribution in [3.8, 4) is 5.75 Å². The average Bonchev–Trinajstić information content (AvgIpc) is 2.69. The first-order valence-electron chi connectivity index (χ1n) is 9.12. The van der Waals surface area contributed by atoms with E-state index in [0.29, 0.717) is 24.2 Å². The van der Waals surface area contributed by atoms with Gasteiger partial charge in [-0.25, -0.2) is 0 Å². The van der Waals surface area contributed by atoms with Gasteiger partial charge in [-0.15, -0.1) is 0 Å². The molecule has 142 valence electrons. The van der Waals surface area contributed by atoms with Crippen LogP contribution >= 0.6 is 0 Å². The third kappa shape index (κ3) is 4.92. The normalized spacial score (nSPS) is 19.6. The topological polar surface area (TPSA) is 88.5 Å². The second-order valence-corrected chi connectivity index (χ2v) is 6.84. The third-order valence-corrected chi connectivity index (χ3v) is 4.94. The van der Waals surface area contributed by atoms with Crippen LogP contribution < -0.4 is 10.1 Å². The van der Waals surface area contributed by atoms with Crippen molar-refractivity contribution in [3.63, 3.8) is 0 Å². The molecule has 1 fully saturated rings. The average molecular weight is 368 g/mol. The number of aromatic nitrogens is 1. The highest BCUT2D eigenvalue weighted by Gasteiger charge is 2.36. The highest BCUT2D eigenvalue weighted by Crippen LogP contribution is 2.37. The van der Waals surface area contributed by atoms with Gasteiger partial charge in [-0.1, -0.05) is 6.07 Å². The largest absolute Gasteiger partial charge is 0.497 e. The molecule has 2 aromatic rings. The molecule has 1 atom stereocenters. The molecule has 1 aromatic carbocycles. The van der Waals surface area contributed by atoms with Crippen LogP contribution in [-0.2, 0) is 4.79 Å². The van der Waals surface area contributed by atoms with E-state index < -0.39 is 0 Å². The molecule has 0 bridgehead atoms. The molecule has 6 heteroatoms. The zero-order chi connectivity index (χ0) is 19.2. The quantitative estimate of drug-likeness (QED) is 0.700. The van der Waals surface area contributed by atoms with Crippen LogP contribution in [0.4, 0.5) is 0 Å². The Morgan fingerprint density at radius 1 is 1.19 bits per heavy atom. The highest BCUT2D eigenvalue weighted by atomic mass is 16.5. The fourth-order valence-corrected chi connectivity index (χ4v) is 3.29.